The zero-order chi connectivity index (χ0) is 15.0. The molecule has 0 N–H and O–H groups in total. The molecule has 0 spiro atoms. The first-order chi connectivity index (χ1) is 10.1. The minimum atomic E-state index is -0.454. The molecule has 1 atom stereocenters. The van der Waals surface area contributed by atoms with Crippen molar-refractivity contribution in [3.63, 3.8) is 0 Å². The lowest BCUT2D eigenvalue weighted by Crippen LogP contribution is -2.26. The largest absolute Gasteiger partial charge is 0.469 e. The smallest absolute Gasteiger partial charge is 0.311 e. The number of nitrogens with zero attached hydrogens (tertiary/aromatic N) is 2. The van der Waals surface area contributed by atoms with Crippen molar-refractivity contribution in [2.24, 2.45) is 5.92 Å². The van der Waals surface area contributed by atoms with Crippen LogP contribution in [0.1, 0.15) is 6.42 Å². The van der Waals surface area contributed by atoms with Gasteiger partial charge in [0.2, 0.25) is 5.91 Å². The molecule has 1 aliphatic heterocycles. The Bertz CT molecular complexity index is 732. The second kappa shape index (κ2) is 5.33. The van der Waals surface area contributed by atoms with Crippen LogP contribution in [0, 0.1) is 5.92 Å². The number of methoxy groups -OCH3 is 1. The number of carbonyl (C=O) groups excluding carboxylic acids is 2. The molecule has 3 rings (SSSR count). The molecule has 0 bridgehead atoms. The molecule has 1 saturated heterocycles. The zero-order valence-corrected chi connectivity index (χ0v) is 12.1. The molecule has 2 heterocycles. The minimum absolute atomic E-state index is 0.135. The average molecular weight is 305 g/mol. The molecule has 108 valence electrons. The highest BCUT2D eigenvalue weighted by Gasteiger charge is 2.36. The summed E-state index contributed by atoms with van der Waals surface area (Å²) in [5, 5.41) is 1.26. The molecule has 1 aromatic carbocycles. The van der Waals surface area contributed by atoms with Crippen molar-refractivity contribution < 1.29 is 14.3 Å². The van der Waals surface area contributed by atoms with E-state index in [9.17, 15) is 9.59 Å². The van der Waals surface area contributed by atoms with E-state index in [-0.39, 0.29) is 24.8 Å². The highest BCUT2D eigenvalue weighted by Crippen LogP contribution is 2.35. The van der Waals surface area contributed by atoms with E-state index in [1.54, 1.807) is 6.20 Å². The van der Waals surface area contributed by atoms with Crippen LogP contribution in [0.4, 0.5) is 5.69 Å². The first-order valence-corrected chi connectivity index (χ1v) is 6.91. The summed E-state index contributed by atoms with van der Waals surface area (Å²) in [6.45, 7) is 0.269. The molecule has 0 aliphatic carbocycles. The van der Waals surface area contributed by atoms with E-state index in [0.29, 0.717) is 10.7 Å². The van der Waals surface area contributed by atoms with Gasteiger partial charge in [-0.25, -0.2) is 0 Å². The molecule has 1 aliphatic rings. The van der Waals surface area contributed by atoms with Crippen LogP contribution < -0.4 is 4.90 Å². The Labute approximate surface area is 126 Å². The standard InChI is InChI=1S/C15H13ClN2O3/c1-21-15(20)9-6-13(19)18(8-9)12-7-17-11-5-3-2-4-10(11)14(12)16/h2-5,7,9H,6,8H2,1H3. The Morgan fingerprint density at radius 2 is 2.19 bits per heavy atom. The van der Waals surface area contributed by atoms with Crippen LogP contribution in [0.2, 0.25) is 5.02 Å². The summed E-state index contributed by atoms with van der Waals surface area (Å²) in [7, 11) is 1.32. The van der Waals surface area contributed by atoms with Crippen molar-refractivity contribution >= 4 is 40.1 Å². The molecule has 1 unspecified atom stereocenters. The predicted octanol–water partition coefficient (Wildman–Crippen LogP) is 2.41. The molecule has 0 radical (unpaired) electrons. The van der Waals surface area contributed by atoms with Crippen molar-refractivity contribution in [1.82, 2.24) is 4.98 Å². The lowest BCUT2D eigenvalue weighted by atomic mass is 10.1. The lowest BCUT2D eigenvalue weighted by molar-refractivity contribution is -0.145. The number of amides is 1. The van der Waals surface area contributed by atoms with E-state index >= 15 is 0 Å². The molecule has 2 aromatic rings. The second-order valence-electron chi connectivity index (χ2n) is 4.90. The fraction of sp³-hybridized carbons (Fsp3) is 0.267. The Kier molecular flexibility index (Phi) is 3.51. The van der Waals surface area contributed by atoms with Crippen LogP contribution in [-0.4, -0.2) is 30.5 Å². The fourth-order valence-electron chi connectivity index (χ4n) is 2.55. The maximum atomic E-state index is 12.1. The summed E-state index contributed by atoms with van der Waals surface area (Å²) >= 11 is 6.40. The van der Waals surface area contributed by atoms with Gasteiger partial charge >= 0.3 is 5.97 Å². The third-order valence-corrected chi connectivity index (χ3v) is 4.04. The van der Waals surface area contributed by atoms with Crippen molar-refractivity contribution in [2.45, 2.75) is 6.42 Å². The van der Waals surface area contributed by atoms with E-state index in [2.05, 4.69) is 4.98 Å². The SMILES string of the molecule is COC(=O)C1CC(=O)N(c2cnc3ccccc3c2Cl)C1. The number of pyridine rings is 1. The second-order valence-corrected chi connectivity index (χ2v) is 5.28. The van der Waals surface area contributed by atoms with E-state index < -0.39 is 5.92 Å². The van der Waals surface area contributed by atoms with Crippen LogP contribution in [0.15, 0.2) is 30.5 Å². The van der Waals surface area contributed by atoms with Gasteiger partial charge < -0.3 is 9.64 Å². The third-order valence-electron chi connectivity index (χ3n) is 3.64. The third kappa shape index (κ3) is 2.34. The quantitative estimate of drug-likeness (QED) is 0.800. The van der Waals surface area contributed by atoms with Crippen LogP contribution in [0.3, 0.4) is 0 Å². The number of fused-ring (bicyclic) bond motifs is 1. The first kappa shape index (κ1) is 13.8. The summed E-state index contributed by atoms with van der Waals surface area (Å²) < 4.78 is 4.70. The Morgan fingerprint density at radius 3 is 2.95 bits per heavy atom. The average Bonchev–Trinajstić information content (AvgIpc) is 2.89. The van der Waals surface area contributed by atoms with Crippen molar-refractivity contribution in [1.29, 1.82) is 0 Å². The van der Waals surface area contributed by atoms with Gasteiger partial charge in [-0.15, -0.1) is 0 Å². The first-order valence-electron chi connectivity index (χ1n) is 6.53. The lowest BCUT2D eigenvalue weighted by Gasteiger charge is -2.18. The van der Waals surface area contributed by atoms with Crippen molar-refractivity contribution in [3.8, 4) is 0 Å². The Morgan fingerprint density at radius 1 is 1.43 bits per heavy atom. The number of rotatable bonds is 2. The Balaban J connectivity index is 1.99. The summed E-state index contributed by atoms with van der Waals surface area (Å²) in [6.07, 6.45) is 1.71. The zero-order valence-electron chi connectivity index (χ0n) is 11.4. The number of halogens is 1. The number of para-hydroxylation sites is 1. The summed E-state index contributed by atoms with van der Waals surface area (Å²) in [5.74, 6) is -0.981. The van der Waals surface area contributed by atoms with E-state index in [1.165, 1.54) is 12.0 Å². The van der Waals surface area contributed by atoms with Crippen LogP contribution in [-0.2, 0) is 14.3 Å². The number of aromatic nitrogens is 1. The summed E-state index contributed by atoms with van der Waals surface area (Å²) in [4.78, 5) is 29.5. The molecule has 1 amide bonds. The molecular formula is C15H13ClN2O3. The molecule has 6 heteroatoms. The number of carbonyl (C=O) groups is 2. The Hall–Kier alpha value is -2.14. The predicted molar refractivity (Wildman–Crippen MR) is 79.2 cm³/mol. The maximum Gasteiger partial charge on any atom is 0.311 e. The maximum absolute atomic E-state index is 12.1. The molecule has 1 fully saturated rings. The summed E-state index contributed by atoms with van der Waals surface area (Å²) in [5.41, 5.74) is 1.30. The van der Waals surface area contributed by atoms with Gasteiger partial charge in [0.05, 0.1) is 35.5 Å². The highest BCUT2D eigenvalue weighted by molar-refractivity contribution is 6.38. The van der Waals surface area contributed by atoms with Gasteiger partial charge in [-0.1, -0.05) is 29.8 Å². The topological polar surface area (TPSA) is 59.5 Å². The van der Waals surface area contributed by atoms with E-state index in [4.69, 9.17) is 16.3 Å². The number of esters is 1. The van der Waals surface area contributed by atoms with Crippen molar-refractivity contribution in [3.05, 3.63) is 35.5 Å². The summed E-state index contributed by atoms with van der Waals surface area (Å²) in [6, 6.07) is 7.45. The van der Waals surface area contributed by atoms with Crippen LogP contribution >= 0.6 is 11.6 Å². The molecular weight excluding hydrogens is 292 g/mol. The molecule has 0 saturated carbocycles. The number of hydrogen-bond donors (Lipinski definition) is 0. The van der Waals surface area contributed by atoms with E-state index in [0.717, 1.165) is 10.9 Å². The molecule has 21 heavy (non-hydrogen) atoms. The van der Waals surface area contributed by atoms with Crippen LogP contribution in [0.5, 0.6) is 0 Å². The van der Waals surface area contributed by atoms with Crippen LogP contribution in [0.25, 0.3) is 10.9 Å². The van der Waals surface area contributed by atoms with Gasteiger partial charge in [-0.3, -0.25) is 14.6 Å². The van der Waals surface area contributed by atoms with Gasteiger partial charge in [0.15, 0.2) is 0 Å². The fourth-order valence-corrected chi connectivity index (χ4v) is 2.86. The minimum Gasteiger partial charge on any atom is -0.469 e. The number of ether oxygens (including phenoxy) is 1. The molecule has 5 nitrogen and oxygen atoms in total. The van der Waals surface area contributed by atoms with E-state index in [1.807, 2.05) is 24.3 Å². The van der Waals surface area contributed by atoms with Gasteiger partial charge in [-0.05, 0) is 6.07 Å². The number of anilines is 1. The monoisotopic (exact) mass is 304 g/mol. The normalized spacial score (nSPS) is 18.3. The van der Waals surface area contributed by atoms with Gasteiger partial charge in [0.1, 0.15) is 0 Å². The number of hydrogen-bond acceptors (Lipinski definition) is 4. The van der Waals surface area contributed by atoms with Gasteiger partial charge in [0, 0.05) is 18.4 Å². The number of benzene rings is 1. The molecule has 1 aromatic heterocycles. The van der Waals surface area contributed by atoms with Crippen molar-refractivity contribution in [2.75, 3.05) is 18.6 Å². The van der Waals surface area contributed by atoms with Gasteiger partial charge in [-0.2, -0.15) is 0 Å². The van der Waals surface area contributed by atoms with Gasteiger partial charge in [0.25, 0.3) is 0 Å². The highest BCUT2D eigenvalue weighted by atomic mass is 35.5.